The minimum Gasteiger partial charge on any atom is -0.331 e. The van der Waals surface area contributed by atoms with E-state index in [-0.39, 0.29) is 11.9 Å². The van der Waals surface area contributed by atoms with Gasteiger partial charge in [0.15, 0.2) is 0 Å². The Hall–Kier alpha value is -2.20. The summed E-state index contributed by atoms with van der Waals surface area (Å²) in [5.74, 6) is 0.121. The number of carbonyl (C=O) groups is 1. The highest BCUT2D eigenvalue weighted by atomic mass is 32.1. The number of thiophene rings is 1. The van der Waals surface area contributed by atoms with Crippen LogP contribution < -0.4 is 0 Å². The van der Waals surface area contributed by atoms with Crippen LogP contribution in [0.1, 0.15) is 39.0 Å². The summed E-state index contributed by atoms with van der Waals surface area (Å²) in [6.45, 7) is 4.82. The van der Waals surface area contributed by atoms with Crippen LogP contribution in [-0.4, -0.2) is 22.3 Å². The third-order valence-corrected chi connectivity index (χ3v) is 5.45. The van der Waals surface area contributed by atoms with E-state index < -0.39 is 0 Å². The van der Waals surface area contributed by atoms with Gasteiger partial charge >= 0.3 is 0 Å². The van der Waals surface area contributed by atoms with Gasteiger partial charge in [-0.15, -0.1) is 11.3 Å². The van der Waals surface area contributed by atoms with Crippen LogP contribution in [0.15, 0.2) is 41.8 Å². The van der Waals surface area contributed by atoms with Crippen molar-refractivity contribution in [3.05, 3.63) is 63.5 Å². The SMILES string of the molecule is Cc1ccc2nc(C)cc(C(=O)N3CC[C@@H]3c3cccs3)c2c1. The molecule has 0 unspecified atom stereocenters. The number of pyridine rings is 1. The number of aryl methyl sites for hydroxylation is 2. The van der Waals surface area contributed by atoms with Crippen molar-refractivity contribution in [2.75, 3.05) is 6.54 Å². The van der Waals surface area contributed by atoms with Crippen LogP contribution in [0.5, 0.6) is 0 Å². The first-order valence-electron chi connectivity index (χ1n) is 7.86. The molecule has 0 radical (unpaired) electrons. The fraction of sp³-hybridized carbons (Fsp3) is 0.263. The minimum atomic E-state index is 0.121. The van der Waals surface area contributed by atoms with Crippen LogP contribution in [-0.2, 0) is 0 Å². The Balaban J connectivity index is 1.76. The predicted octanol–water partition coefficient (Wildman–Crippen LogP) is 4.50. The second-order valence-corrected chi connectivity index (χ2v) is 7.13. The summed E-state index contributed by atoms with van der Waals surface area (Å²) in [5.41, 5.74) is 3.71. The van der Waals surface area contributed by atoms with Gasteiger partial charge in [0.2, 0.25) is 0 Å². The summed E-state index contributed by atoms with van der Waals surface area (Å²) in [6.07, 6.45) is 1.05. The lowest BCUT2D eigenvalue weighted by Gasteiger charge is -2.40. The van der Waals surface area contributed by atoms with Gasteiger partial charge in [0.25, 0.3) is 5.91 Å². The molecular weight excluding hydrogens is 304 g/mol. The van der Waals surface area contributed by atoms with Crippen molar-refractivity contribution in [2.45, 2.75) is 26.3 Å². The lowest BCUT2D eigenvalue weighted by Crippen LogP contribution is -2.44. The van der Waals surface area contributed by atoms with Crippen molar-refractivity contribution in [1.29, 1.82) is 0 Å². The van der Waals surface area contributed by atoms with Crippen LogP contribution in [0.2, 0.25) is 0 Å². The van der Waals surface area contributed by atoms with Gasteiger partial charge in [-0.1, -0.05) is 17.7 Å². The molecule has 1 aliphatic heterocycles. The van der Waals surface area contributed by atoms with Gasteiger partial charge < -0.3 is 4.90 Å². The number of rotatable bonds is 2. The molecule has 0 bridgehead atoms. The van der Waals surface area contributed by atoms with Gasteiger partial charge in [-0.2, -0.15) is 0 Å². The molecule has 4 heteroatoms. The van der Waals surface area contributed by atoms with Gasteiger partial charge in [-0.3, -0.25) is 9.78 Å². The highest BCUT2D eigenvalue weighted by Gasteiger charge is 2.35. The van der Waals surface area contributed by atoms with Gasteiger partial charge in [-0.25, -0.2) is 0 Å². The molecule has 1 aromatic carbocycles. The van der Waals surface area contributed by atoms with E-state index in [1.807, 2.05) is 36.9 Å². The number of benzene rings is 1. The minimum absolute atomic E-state index is 0.121. The highest BCUT2D eigenvalue weighted by Crippen LogP contribution is 2.37. The first-order valence-corrected chi connectivity index (χ1v) is 8.74. The molecule has 0 spiro atoms. The normalized spacial score (nSPS) is 17.3. The van der Waals surface area contributed by atoms with E-state index in [2.05, 4.69) is 28.6 Å². The Morgan fingerprint density at radius 2 is 2.13 bits per heavy atom. The van der Waals surface area contributed by atoms with Gasteiger partial charge in [0.1, 0.15) is 0 Å². The van der Waals surface area contributed by atoms with E-state index in [0.717, 1.165) is 40.7 Å². The third-order valence-electron chi connectivity index (χ3n) is 4.47. The lowest BCUT2D eigenvalue weighted by atomic mass is 9.97. The fourth-order valence-corrected chi connectivity index (χ4v) is 4.08. The summed E-state index contributed by atoms with van der Waals surface area (Å²) < 4.78 is 0. The smallest absolute Gasteiger partial charge is 0.255 e. The molecule has 1 fully saturated rings. The number of aromatic nitrogens is 1. The van der Waals surface area contributed by atoms with Crippen LogP contribution in [0.4, 0.5) is 0 Å². The zero-order valence-corrected chi connectivity index (χ0v) is 14.1. The molecule has 4 rings (SSSR count). The van der Waals surface area contributed by atoms with Crippen LogP contribution >= 0.6 is 11.3 Å². The second-order valence-electron chi connectivity index (χ2n) is 6.15. The molecule has 0 saturated carbocycles. The van der Waals surface area contributed by atoms with Crippen molar-refractivity contribution < 1.29 is 4.79 Å². The highest BCUT2D eigenvalue weighted by molar-refractivity contribution is 7.10. The van der Waals surface area contributed by atoms with Crippen molar-refractivity contribution in [3.8, 4) is 0 Å². The lowest BCUT2D eigenvalue weighted by molar-refractivity contribution is 0.0470. The average molecular weight is 322 g/mol. The predicted molar refractivity (Wildman–Crippen MR) is 93.9 cm³/mol. The van der Waals surface area contributed by atoms with Crippen molar-refractivity contribution in [3.63, 3.8) is 0 Å². The number of carbonyl (C=O) groups excluding carboxylic acids is 1. The van der Waals surface area contributed by atoms with Gasteiger partial charge in [0.05, 0.1) is 17.1 Å². The number of nitrogens with zero attached hydrogens (tertiary/aromatic N) is 2. The molecule has 3 heterocycles. The number of hydrogen-bond acceptors (Lipinski definition) is 3. The summed E-state index contributed by atoms with van der Waals surface area (Å²) in [6, 6.07) is 12.4. The molecule has 0 N–H and O–H groups in total. The molecule has 3 aromatic rings. The Morgan fingerprint density at radius 3 is 2.83 bits per heavy atom. The van der Waals surface area contributed by atoms with Crippen LogP contribution in [0, 0.1) is 13.8 Å². The molecule has 3 nitrogen and oxygen atoms in total. The maximum atomic E-state index is 13.1. The Morgan fingerprint density at radius 1 is 1.26 bits per heavy atom. The van der Waals surface area contributed by atoms with E-state index >= 15 is 0 Å². The average Bonchev–Trinajstić information content (AvgIpc) is 2.99. The monoisotopic (exact) mass is 322 g/mol. The van der Waals surface area contributed by atoms with Crippen molar-refractivity contribution in [2.24, 2.45) is 0 Å². The summed E-state index contributed by atoms with van der Waals surface area (Å²) >= 11 is 1.73. The van der Waals surface area contributed by atoms with E-state index in [1.165, 1.54) is 4.88 Å². The first kappa shape index (κ1) is 14.4. The van der Waals surface area contributed by atoms with Crippen molar-refractivity contribution >= 4 is 28.1 Å². The van der Waals surface area contributed by atoms with Gasteiger partial charge in [-0.05, 0) is 49.9 Å². The molecule has 1 atom stereocenters. The Bertz CT molecular complexity index is 886. The summed E-state index contributed by atoms with van der Waals surface area (Å²) in [5, 5.41) is 3.03. The standard InChI is InChI=1S/C19H18N2OS/c1-12-5-6-16-14(10-12)15(11-13(2)20-16)19(22)21-8-7-17(21)18-4-3-9-23-18/h3-6,9-11,17H,7-8H2,1-2H3/t17-/m1/s1. The first-order chi connectivity index (χ1) is 11.1. The molecule has 2 aromatic heterocycles. The van der Waals surface area contributed by atoms with Crippen LogP contribution in [0.3, 0.4) is 0 Å². The van der Waals surface area contributed by atoms with Crippen LogP contribution in [0.25, 0.3) is 10.9 Å². The molecule has 1 aliphatic rings. The quantitative estimate of drug-likeness (QED) is 0.696. The largest absolute Gasteiger partial charge is 0.331 e. The zero-order valence-electron chi connectivity index (χ0n) is 13.2. The van der Waals surface area contributed by atoms with E-state index in [4.69, 9.17) is 0 Å². The number of likely N-dealkylation sites (tertiary alicyclic amines) is 1. The number of amides is 1. The topological polar surface area (TPSA) is 33.2 Å². The van der Waals surface area contributed by atoms with Gasteiger partial charge in [0, 0.05) is 22.5 Å². The molecule has 0 aliphatic carbocycles. The number of hydrogen-bond donors (Lipinski definition) is 0. The summed E-state index contributed by atoms with van der Waals surface area (Å²) in [7, 11) is 0. The zero-order chi connectivity index (χ0) is 16.0. The maximum Gasteiger partial charge on any atom is 0.255 e. The number of fused-ring (bicyclic) bond motifs is 1. The maximum absolute atomic E-state index is 13.1. The molecule has 1 amide bonds. The van der Waals surface area contributed by atoms with E-state index in [0.29, 0.717) is 0 Å². The Kier molecular flexibility index (Phi) is 3.42. The third kappa shape index (κ3) is 2.43. The molecule has 116 valence electrons. The van der Waals surface area contributed by atoms with Crippen molar-refractivity contribution in [1.82, 2.24) is 9.88 Å². The van der Waals surface area contributed by atoms with E-state index in [1.54, 1.807) is 11.3 Å². The Labute approximate surface area is 139 Å². The molecular formula is C19H18N2OS. The summed E-state index contributed by atoms with van der Waals surface area (Å²) in [4.78, 5) is 20.9. The molecule has 23 heavy (non-hydrogen) atoms. The second kappa shape index (κ2) is 5.46. The molecule has 1 saturated heterocycles. The van der Waals surface area contributed by atoms with E-state index in [9.17, 15) is 4.79 Å². The fourth-order valence-electron chi connectivity index (χ4n) is 3.21.